The standard InChI is InChI=1S/C26H24O5/c1-18(2)30-23-13-4-19(5-14-23)6-17-25(27)31-24-15-11-21(12-16-24)20-7-9-22(10-8-20)26(28)29-3/h4-18H,1-3H3/b17-6+. The van der Waals surface area contributed by atoms with Crippen LogP contribution in [0.3, 0.4) is 0 Å². The third kappa shape index (κ3) is 6.31. The zero-order valence-corrected chi connectivity index (χ0v) is 17.7. The predicted octanol–water partition coefficient (Wildman–Crippen LogP) is 5.55. The maximum Gasteiger partial charge on any atom is 0.337 e. The summed E-state index contributed by atoms with van der Waals surface area (Å²) in [6.45, 7) is 3.94. The summed E-state index contributed by atoms with van der Waals surface area (Å²) in [5.41, 5.74) is 3.25. The molecule has 5 nitrogen and oxygen atoms in total. The van der Waals surface area contributed by atoms with Gasteiger partial charge in [-0.25, -0.2) is 9.59 Å². The number of esters is 2. The van der Waals surface area contributed by atoms with Gasteiger partial charge in [-0.15, -0.1) is 0 Å². The third-order valence-corrected chi connectivity index (χ3v) is 4.38. The number of methoxy groups -OCH3 is 1. The number of hydrogen-bond donors (Lipinski definition) is 0. The van der Waals surface area contributed by atoms with Gasteiger partial charge in [0.1, 0.15) is 11.5 Å². The molecule has 0 aromatic heterocycles. The SMILES string of the molecule is COC(=O)c1ccc(-c2ccc(OC(=O)/C=C/c3ccc(OC(C)C)cc3)cc2)cc1. The van der Waals surface area contributed by atoms with Gasteiger partial charge in [0, 0.05) is 6.08 Å². The van der Waals surface area contributed by atoms with Gasteiger partial charge >= 0.3 is 11.9 Å². The summed E-state index contributed by atoms with van der Waals surface area (Å²) < 4.78 is 15.7. The van der Waals surface area contributed by atoms with E-state index in [2.05, 4.69) is 0 Å². The van der Waals surface area contributed by atoms with E-state index >= 15 is 0 Å². The number of hydrogen-bond acceptors (Lipinski definition) is 5. The van der Waals surface area contributed by atoms with Crippen LogP contribution in [0.15, 0.2) is 78.9 Å². The summed E-state index contributed by atoms with van der Waals surface area (Å²) in [6, 6.07) is 21.7. The number of benzene rings is 3. The van der Waals surface area contributed by atoms with Crippen molar-refractivity contribution < 1.29 is 23.8 Å². The molecule has 0 amide bonds. The quantitative estimate of drug-likeness (QED) is 0.287. The van der Waals surface area contributed by atoms with Crippen molar-refractivity contribution >= 4 is 18.0 Å². The Balaban J connectivity index is 1.58. The van der Waals surface area contributed by atoms with Crippen LogP contribution in [0.1, 0.15) is 29.8 Å². The van der Waals surface area contributed by atoms with E-state index in [1.54, 1.807) is 30.3 Å². The molecule has 3 aromatic rings. The van der Waals surface area contributed by atoms with Crippen LogP contribution in [0, 0.1) is 0 Å². The minimum Gasteiger partial charge on any atom is -0.491 e. The van der Waals surface area contributed by atoms with Crippen molar-refractivity contribution in [3.63, 3.8) is 0 Å². The van der Waals surface area contributed by atoms with Gasteiger partial charge < -0.3 is 14.2 Å². The topological polar surface area (TPSA) is 61.8 Å². The lowest BCUT2D eigenvalue weighted by Gasteiger charge is -2.09. The Bertz CT molecular complexity index is 1050. The second-order valence-electron chi connectivity index (χ2n) is 7.08. The fraction of sp³-hybridized carbons (Fsp3) is 0.154. The van der Waals surface area contributed by atoms with E-state index in [1.165, 1.54) is 13.2 Å². The first kappa shape index (κ1) is 21.8. The molecule has 0 saturated carbocycles. The monoisotopic (exact) mass is 416 g/mol. The molecule has 5 heteroatoms. The van der Waals surface area contributed by atoms with Crippen LogP contribution in [0.4, 0.5) is 0 Å². The number of rotatable bonds is 7. The van der Waals surface area contributed by atoms with E-state index in [-0.39, 0.29) is 12.1 Å². The van der Waals surface area contributed by atoms with Crippen LogP contribution < -0.4 is 9.47 Å². The highest BCUT2D eigenvalue weighted by Gasteiger charge is 2.06. The summed E-state index contributed by atoms with van der Waals surface area (Å²) in [7, 11) is 1.35. The zero-order chi connectivity index (χ0) is 22.2. The average Bonchev–Trinajstić information content (AvgIpc) is 2.78. The van der Waals surface area contributed by atoms with Crippen molar-refractivity contribution in [2.45, 2.75) is 20.0 Å². The molecule has 0 unspecified atom stereocenters. The summed E-state index contributed by atoms with van der Waals surface area (Å²) in [5.74, 6) is 0.402. The minimum absolute atomic E-state index is 0.113. The van der Waals surface area contributed by atoms with Gasteiger partial charge in [-0.3, -0.25) is 0 Å². The Morgan fingerprint density at radius 3 is 1.87 bits per heavy atom. The zero-order valence-electron chi connectivity index (χ0n) is 17.7. The molecule has 0 heterocycles. The van der Waals surface area contributed by atoms with Gasteiger partial charge in [0.2, 0.25) is 0 Å². The van der Waals surface area contributed by atoms with E-state index in [4.69, 9.17) is 14.2 Å². The summed E-state index contributed by atoms with van der Waals surface area (Å²) >= 11 is 0. The van der Waals surface area contributed by atoms with Crippen LogP contribution in [-0.4, -0.2) is 25.2 Å². The Morgan fingerprint density at radius 2 is 1.32 bits per heavy atom. The molecule has 158 valence electrons. The van der Waals surface area contributed by atoms with E-state index in [0.29, 0.717) is 11.3 Å². The predicted molar refractivity (Wildman–Crippen MR) is 120 cm³/mol. The molecule has 0 atom stereocenters. The largest absolute Gasteiger partial charge is 0.491 e. The van der Waals surface area contributed by atoms with Crippen molar-refractivity contribution in [1.82, 2.24) is 0 Å². The number of carbonyl (C=O) groups is 2. The second kappa shape index (κ2) is 10.3. The van der Waals surface area contributed by atoms with Crippen molar-refractivity contribution in [2.24, 2.45) is 0 Å². The van der Waals surface area contributed by atoms with E-state index < -0.39 is 5.97 Å². The first-order valence-electron chi connectivity index (χ1n) is 9.90. The van der Waals surface area contributed by atoms with Crippen LogP contribution in [0.25, 0.3) is 17.2 Å². The normalized spacial score (nSPS) is 10.8. The highest BCUT2D eigenvalue weighted by atomic mass is 16.5. The van der Waals surface area contributed by atoms with Gasteiger partial charge in [-0.05, 0) is 73.0 Å². The molecule has 0 N–H and O–H groups in total. The van der Waals surface area contributed by atoms with Crippen molar-refractivity contribution in [3.05, 3.63) is 90.0 Å². The van der Waals surface area contributed by atoms with E-state index in [1.807, 2.05) is 62.4 Å². The molecule has 0 radical (unpaired) electrons. The molecule has 0 fully saturated rings. The molecule has 0 aliphatic heterocycles. The van der Waals surface area contributed by atoms with Crippen molar-refractivity contribution in [1.29, 1.82) is 0 Å². The van der Waals surface area contributed by atoms with Crippen molar-refractivity contribution in [2.75, 3.05) is 7.11 Å². The maximum absolute atomic E-state index is 12.1. The molecular formula is C26H24O5. The van der Waals surface area contributed by atoms with E-state index in [9.17, 15) is 9.59 Å². The molecule has 3 aromatic carbocycles. The molecule has 0 aliphatic carbocycles. The smallest absolute Gasteiger partial charge is 0.337 e. The van der Waals surface area contributed by atoms with Gasteiger partial charge in [-0.2, -0.15) is 0 Å². The van der Waals surface area contributed by atoms with E-state index in [0.717, 1.165) is 22.4 Å². The summed E-state index contributed by atoms with van der Waals surface area (Å²) in [4.78, 5) is 23.6. The fourth-order valence-corrected chi connectivity index (χ4v) is 2.88. The van der Waals surface area contributed by atoms with Crippen LogP contribution in [0.5, 0.6) is 11.5 Å². The molecule has 3 rings (SSSR count). The highest BCUT2D eigenvalue weighted by molar-refractivity contribution is 5.90. The lowest BCUT2D eigenvalue weighted by Crippen LogP contribution is -2.05. The first-order chi connectivity index (χ1) is 14.9. The molecule has 31 heavy (non-hydrogen) atoms. The van der Waals surface area contributed by atoms with Crippen molar-refractivity contribution in [3.8, 4) is 22.6 Å². The van der Waals surface area contributed by atoms with Gasteiger partial charge in [-0.1, -0.05) is 36.4 Å². The molecule has 0 bridgehead atoms. The summed E-state index contributed by atoms with van der Waals surface area (Å²) in [6.07, 6.45) is 3.19. The molecular weight excluding hydrogens is 392 g/mol. The Labute approximate surface area is 181 Å². The lowest BCUT2D eigenvalue weighted by molar-refractivity contribution is -0.128. The van der Waals surface area contributed by atoms with Crippen LogP contribution >= 0.6 is 0 Å². The Kier molecular flexibility index (Phi) is 7.22. The van der Waals surface area contributed by atoms with Gasteiger partial charge in [0.05, 0.1) is 18.8 Å². The fourth-order valence-electron chi connectivity index (χ4n) is 2.88. The molecule has 0 spiro atoms. The molecule has 0 saturated heterocycles. The van der Waals surface area contributed by atoms with Crippen LogP contribution in [0.2, 0.25) is 0 Å². The van der Waals surface area contributed by atoms with Gasteiger partial charge in [0.25, 0.3) is 0 Å². The number of carbonyl (C=O) groups excluding carboxylic acids is 2. The number of ether oxygens (including phenoxy) is 3. The second-order valence-corrected chi connectivity index (χ2v) is 7.08. The highest BCUT2D eigenvalue weighted by Crippen LogP contribution is 2.23. The summed E-state index contributed by atoms with van der Waals surface area (Å²) in [5, 5.41) is 0. The lowest BCUT2D eigenvalue weighted by atomic mass is 10.0. The third-order valence-electron chi connectivity index (χ3n) is 4.38. The Hall–Kier alpha value is -3.86. The molecule has 0 aliphatic rings. The average molecular weight is 416 g/mol. The minimum atomic E-state index is -0.460. The first-order valence-corrected chi connectivity index (χ1v) is 9.90. The maximum atomic E-state index is 12.1. The Morgan fingerprint density at radius 1 is 0.774 bits per heavy atom. The van der Waals surface area contributed by atoms with Crippen LogP contribution in [-0.2, 0) is 9.53 Å². The van der Waals surface area contributed by atoms with Gasteiger partial charge in [0.15, 0.2) is 0 Å².